The number of hydrogen-bond donors (Lipinski definition) is 3. The van der Waals surface area contributed by atoms with Gasteiger partial charge in [-0.15, -0.1) is 0 Å². The summed E-state index contributed by atoms with van der Waals surface area (Å²) in [4.78, 5) is 0.669. The Hall–Kier alpha value is -0.590. The van der Waals surface area contributed by atoms with Gasteiger partial charge in [-0.3, -0.25) is 0 Å². The van der Waals surface area contributed by atoms with E-state index in [1.807, 2.05) is 6.07 Å². The van der Waals surface area contributed by atoms with Gasteiger partial charge < -0.3 is 20.5 Å². The van der Waals surface area contributed by atoms with Gasteiger partial charge in [0.25, 0.3) is 0 Å². The van der Waals surface area contributed by atoms with Crippen LogP contribution in [0.25, 0.3) is 0 Å². The molecule has 2 unspecified atom stereocenters. The van der Waals surface area contributed by atoms with E-state index < -0.39 is 22.9 Å². The zero-order valence-electron chi connectivity index (χ0n) is 12.3. The maximum atomic E-state index is 12.5. The first-order chi connectivity index (χ1) is 10.0. The van der Waals surface area contributed by atoms with Gasteiger partial charge in [0.1, 0.15) is 11.4 Å². The molecule has 1 saturated carbocycles. The van der Waals surface area contributed by atoms with Gasteiger partial charge in [0.05, 0.1) is 6.10 Å². The highest BCUT2D eigenvalue weighted by Gasteiger charge is 2.35. The van der Waals surface area contributed by atoms with Crippen LogP contribution in [0.4, 0.5) is 0 Å². The smallest absolute Gasteiger partial charge is 0.153 e. The lowest BCUT2D eigenvalue weighted by Gasteiger charge is -2.31. The van der Waals surface area contributed by atoms with E-state index in [1.165, 1.54) is 0 Å². The first kappa shape index (κ1) is 16.8. The second-order valence-corrected chi connectivity index (χ2v) is 7.39. The van der Waals surface area contributed by atoms with Crippen LogP contribution < -0.4 is 5.73 Å². The molecule has 2 atom stereocenters. The summed E-state index contributed by atoms with van der Waals surface area (Å²) in [6.07, 6.45) is 4.48. The minimum atomic E-state index is -1.24. The second kappa shape index (κ2) is 7.61. The van der Waals surface area contributed by atoms with Gasteiger partial charge >= 0.3 is 0 Å². The molecule has 1 fully saturated rings. The number of aliphatic hydroxyl groups excluding tert-OH is 1. The van der Waals surface area contributed by atoms with Gasteiger partial charge in [0.2, 0.25) is 0 Å². The van der Waals surface area contributed by atoms with E-state index in [1.54, 1.807) is 18.2 Å². The van der Waals surface area contributed by atoms with E-state index in [9.17, 15) is 14.8 Å². The van der Waals surface area contributed by atoms with Crippen LogP contribution >= 0.6 is 0 Å². The highest BCUT2D eigenvalue weighted by molar-refractivity contribution is 7.91. The molecule has 118 valence electrons. The second-order valence-electron chi connectivity index (χ2n) is 5.94. The molecule has 4 N–H and O–H groups in total. The molecule has 0 amide bonds. The Morgan fingerprint density at radius 2 is 2.00 bits per heavy atom. The number of nitrogens with two attached hydrogens (primary N) is 1. The monoisotopic (exact) mass is 311 g/mol. The molecule has 0 saturated heterocycles. The van der Waals surface area contributed by atoms with Crippen LogP contribution in [0.2, 0.25) is 0 Å². The van der Waals surface area contributed by atoms with Crippen LogP contribution in [-0.2, 0) is 11.2 Å². The minimum absolute atomic E-state index is 0.281. The highest BCUT2D eigenvalue weighted by Crippen LogP contribution is 2.31. The van der Waals surface area contributed by atoms with E-state index in [0.717, 1.165) is 37.7 Å². The van der Waals surface area contributed by atoms with Crippen molar-refractivity contribution in [3.8, 4) is 0 Å². The fraction of sp³-hybridized carbons (Fsp3) is 0.625. The average Bonchev–Trinajstić information content (AvgIpc) is 2.48. The third kappa shape index (κ3) is 4.69. The van der Waals surface area contributed by atoms with Crippen molar-refractivity contribution in [2.75, 3.05) is 12.3 Å². The Labute approximate surface area is 129 Å². The van der Waals surface area contributed by atoms with E-state index in [-0.39, 0.29) is 5.75 Å². The van der Waals surface area contributed by atoms with Gasteiger partial charge in [-0.2, -0.15) is 0 Å². The molecule has 0 aliphatic heterocycles. The fourth-order valence-corrected chi connectivity index (χ4v) is 4.31. The van der Waals surface area contributed by atoms with Crippen molar-refractivity contribution in [3.05, 3.63) is 29.8 Å². The molecule has 1 aromatic rings. The van der Waals surface area contributed by atoms with Crippen molar-refractivity contribution in [3.63, 3.8) is 0 Å². The average molecular weight is 311 g/mol. The van der Waals surface area contributed by atoms with E-state index in [0.29, 0.717) is 17.9 Å². The summed E-state index contributed by atoms with van der Waals surface area (Å²) < 4.78 is 12.5. The standard InChI is InChI=1S/C16H25NO3S/c17-10-7-15(18)13-5-4-6-14(11-13)21(20)12-16(19)8-2-1-3-9-16/h4-6,11,15,18-19H,1-3,7-10,12,17H2. The van der Waals surface area contributed by atoms with Gasteiger partial charge in [-0.1, -0.05) is 31.4 Å². The summed E-state index contributed by atoms with van der Waals surface area (Å²) in [5.74, 6) is 0.281. The van der Waals surface area contributed by atoms with Crippen molar-refractivity contribution >= 4 is 11.2 Å². The van der Waals surface area contributed by atoms with E-state index in [2.05, 4.69) is 0 Å². The van der Waals surface area contributed by atoms with Crippen LogP contribution in [0.3, 0.4) is 0 Å². The molecular weight excluding hydrogens is 286 g/mol. The fourth-order valence-electron chi connectivity index (χ4n) is 2.87. The third-order valence-electron chi connectivity index (χ3n) is 4.13. The van der Waals surface area contributed by atoms with Crippen molar-refractivity contribution in [1.82, 2.24) is 0 Å². The normalized spacial score (nSPS) is 21.0. The summed E-state index contributed by atoms with van der Waals surface area (Å²) in [5.41, 5.74) is 5.39. The van der Waals surface area contributed by atoms with Crippen molar-refractivity contribution in [2.24, 2.45) is 5.73 Å². The van der Waals surface area contributed by atoms with Crippen molar-refractivity contribution in [2.45, 2.75) is 55.1 Å². The van der Waals surface area contributed by atoms with Crippen molar-refractivity contribution in [1.29, 1.82) is 0 Å². The van der Waals surface area contributed by atoms with Gasteiger partial charge in [-0.05, 0) is 54.7 Å². The molecule has 1 aromatic carbocycles. The van der Waals surface area contributed by atoms with Crippen LogP contribution in [-0.4, -0.2) is 32.7 Å². The molecule has 1 aliphatic carbocycles. The van der Waals surface area contributed by atoms with Gasteiger partial charge in [-0.25, -0.2) is 0 Å². The molecule has 2 rings (SSSR count). The SMILES string of the molecule is NCCC(O)c1cccc([S+]([O-])CC2(O)CCCCC2)c1. The molecule has 0 spiro atoms. The molecule has 1 aliphatic rings. The Morgan fingerprint density at radius 3 is 2.67 bits per heavy atom. The Morgan fingerprint density at radius 1 is 1.29 bits per heavy atom. The number of benzene rings is 1. The van der Waals surface area contributed by atoms with Crippen molar-refractivity contribution < 1.29 is 14.8 Å². The first-order valence-corrected chi connectivity index (χ1v) is 8.95. The lowest BCUT2D eigenvalue weighted by Crippen LogP contribution is -2.39. The Bertz CT molecular complexity index is 449. The Kier molecular flexibility index (Phi) is 6.08. The van der Waals surface area contributed by atoms with Crippen LogP contribution in [0.15, 0.2) is 29.2 Å². The molecule has 21 heavy (non-hydrogen) atoms. The van der Waals surface area contributed by atoms with Gasteiger partial charge in [0, 0.05) is 0 Å². The first-order valence-electron chi connectivity index (χ1n) is 7.63. The minimum Gasteiger partial charge on any atom is -0.611 e. The predicted octanol–water partition coefficient (Wildman–Crippen LogP) is 1.87. The van der Waals surface area contributed by atoms with Crippen LogP contribution in [0.5, 0.6) is 0 Å². The molecule has 0 bridgehead atoms. The Balaban J connectivity index is 2.04. The largest absolute Gasteiger partial charge is 0.611 e. The number of hydrogen-bond acceptors (Lipinski definition) is 4. The van der Waals surface area contributed by atoms with Crippen LogP contribution in [0.1, 0.15) is 50.2 Å². The lowest BCUT2D eigenvalue weighted by atomic mass is 9.86. The molecule has 5 heteroatoms. The zero-order valence-corrected chi connectivity index (χ0v) is 13.1. The molecular formula is C16H25NO3S. The summed E-state index contributed by atoms with van der Waals surface area (Å²) in [6, 6.07) is 7.17. The molecule has 0 aromatic heterocycles. The summed E-state index contributed by atoms with van der Waals surface area (Å²) in [7, 11) is 0. The van der Waals surface area contributed by atoms with Crippen LogP contribution in [0, 0.1) is 0 Å². The molecule has 0 radical (unpaired) electrons. The molecule has 4 nitrogen and oxygen atoms in total. The summed E-state index contributed by atoms with van der Waals surface area (Å²) >= 11 is -1.24. The molecule has 0 heterocycles. The quantitative estimate of drug-likeness (QED) is 0.700. The maximum absolute atomic E-state index is 12.5. The lowest BCUT2D eigenvalue weighted by molar-refractivity contribution is 0.0257. The summed E-state index contributed by atoms with van der Waals surface area (Å²) in [5, 5.41) is 20.5. The van der Waals surface area contributed by atoms with E-state index in [4.69, 9.17) is 5.73 Å². The predicted molar refractivity (Wildman–Crippen MR) is 84.4 cm³/mol. The zero-order chi connectivity index (χ0) is 15.3. The third-order valence-corrected chi connectivity index (χ3v) is 5.71. The highest BCUT2D eigenvalue weighted by atomic mass is 32.2. The summed E-state index contributed by atoms with van der Waals surface area (Å²) in [6.45, 7) is 0.411. The maximum Gasteiger partial charge on any atom is 0.153 e. The number of aliphatic hydroxyl groups is 2. The van der Waals surface area contributed by atoms with E-state index >= 15 is 0 Å². The van der Waals surface area contributed by atoms with Gasteiger partial charge in [0.15, 0.2) is 4.90 Å². The topological polar surface area (TPSA) is 89.5 Å². The number of rotatable bonds is 6.